The van der Waals surface area contributed by atoms with Gasteiger partial charge in [-0.1, -0.05) is 24.3 Å². The van der Waals surface area contributed by atoms with Gasteiger partial charge in [-0.3, -0.25) is 4.68 Å². The Kier molecular flexibility index (Phi) is 3.38. The van der Waals surface area contributed by atoms with Gasteiger partial charge < -0.3 is 5.11 Å². The Labute approximate surface area is 120 Å². The highest BCUT2D eigenvalue weighted by Crippen LogP contribution is 2.37. The van der Waals surface area contributed by atoms with Crippen molar-refractivity contribution >= 4 is 0 Å². The van der Waals surface area contributed by atoms with Crippen molar-refractivity contribution in [3.8, 4) is 0 Å². The molecule has 1 aromatic carbocycles. The van der Waals surface area contributed by atoms with Crippen LogP contribution in [0.25, 0.3) is 0 Å². The molecule has 106 valence electrons. The van der Waals surface area contributed by atoms with Crippen molar-refractivity contribution in [2.24, 2.45) is 0 Å². The minimum atomic E-state index is -0.742. The summed E-state index contributed by atoms with van der Waals surface area (Å²) in [6.45, 7) is 4.95. The number of hydrogen-bond acceptors (Lipinski definition) is 2. The van der Waals surface area contributed by atoms with Crippen LogP contribution in [0.1, 0.15) is 42.3 Å². The molecule has 1 aliphatic rings. The molecule has 0 spiro atoms. The Hall–Kier alpha value is -1.61. The number of aromatic nitrogens is 2. The fourth-order valence-corrected chi connectivity index (χ4v) is 3.40. The number of aryl methyl sites for hydroxylation is 3. The summed E-state index contributed by atoms with van der Waals surface area (Å²) in [4.78, 5) is 0. The quantitative estimate of drug-likeness (QED) is 0.931. The molecule has 3 heteroatoms. The van der Waals surface area contributed by atoms with Crippen molar-refractivity contribution in [1.82, 2.24) is 9.78 Å². The van der Waals surface area contributed by atoms with Crippen LogP contribution >= 0.6 is 0 Å². The standard InChI is InChI=1S/C17H22N2O/c1-3-19-15(11-13(2)18-19)12-17(20)10-6-8-14-7-4-5-9-16(14)17/h4-5,7,9,11,20H,3,6,8,10,12H2,1-2H3. The molecular weight excluding hydrogens is 248 g/mol. The highest BCUT2D eigenvalue weighted by molar-refractivity contribution is 5.36. The smallest absolute Gasteiger partial charge is 0.0954 e. The Morgan fingerprint density at radius 3 is 2.95 bits per heavy atom. The first-order chi connectivity index (χ1) is 9.62. The average molecular weight is 270 g/mol. The van der Waals surface area contributed by atoms with E-state index in [1.165, 1.54) is 5.56 Å². The van der Waals surface area contributed by atoms with E-state index in [1.807, 2.05) is 17.7 Å². The zero-order chi connectivity index (χ0) is 14.2. The van der Waals surface area contributed by atoms with Crippen molar-refractivity contribution in [3.05, 3.63) is 52.8 Å². The maximum atomic E-state index is 11.2. The van der Waals surface area contributed by atoms with Crippen molar-refractivity contribution in [2.75, 3.05) is 0 Å². The number of benzene rings is 1. The van der Waals surface area contributed by atoms with Gasteiger partial charge in [0.25, 0.3) is 0 Å². The lowest BCUT2D eigenvalue weighted by molar-refractivity contribution is 0.0171. The van der Waals surface area contributed by atoms with E-state index in [9.17, 15) is 5.11 Å². The summed E-state index contributed by atoms with van der Waals surface area (Å²) in [5, 5.41) is 15.7. The average Bonchev–Trinajstić information content (AvgIpc) is 2.79. The van der Waals surface area contributed by atoms with Gasteiger partial charge in [0.1, 0.15) is 0 Å². The zero-order valence-electron chi connectivity index (χ0n) is 12.3. The molecule has 2 aromatic rings. The topological polar surface area (TPSA) is 38.0 Å². The fraction of sp³-hybridized carbons (Fsp3) is 0.471. The molecule has 0 saturated heterocycles. The van der Waals surface area contributed by atoms with Crippen molar-refractivity contribution in [1.29, 1.82) is 0 Å². The fourth-order valence-electron chi connectivity index (χ4n) is 3.40. The number of rotatable bonds is 3. The maximum absolute atomic E-state index is 11.2. The molecule has 1 atom stereocenters. The van der Waals surface area contributed by atoms with Gasteiger partial charge in [0.05, 0.1) is 11.3 Å². The third-order valence-electron chi connectivity index (χ3n) is 4.31. The van der Waals surface area contributed by atoms with Gasteiger partial charge in [0.15, 0.2) is 0 Å². The van der Waals surface area contributed by atoms with Gasteiger partial charge in [-0.15, -0.1) is 0 Å². The predicted molar refractivity (Wildman–Crippen MR) is 79.6 cm³/mol. The summed E-state index contributed by atoms with van der Waals surface area (Å²) in [6.07, 6.45) is 3.61. The first-order valence-corrected chi connectivity index (χ1v) is 7.46. The second-order valence-electron chi connectivity index (χ2n) is 5.81. The monoisotopic (exact) mass is 270 g/mol. The van der Waals surface area contributed by atoms with Gasteiger partial charge >= 0.3 is 0 Å². The lowest BCUT2D eigenvalue weighted by Crippen LogP contribution is -2.33. The summed E-state index contributed by atoms with van der Waals surface area (Å²) < 4.78 is 2.00. The molecule has 0 amide bonds. The second-order valence-corrected chi connectivity index (χ2v) is 5.81. The van der Waals surface area contributed by atoms with Crippen molar-refractivity contribution in [3.63, 3.8) is 0 Å². The summed E-state index contributed by atoms with van der Waals surface area (Å²) >= 11 is 0. The first kappa shape index (κ1) is 13.4. The van der Waals surface area contributed by atoms with E-state index in [-0.39, 0.29) is 0 Å². The lowest BCUT2D eigenvalue weighted by Gasteiger charge is -2.34. The molecule has 0 bridgehead atoms. The van der Waals surface area contributed by atoms with Crippen LogP contribution in [0.3, 0.4) is 0 Å². The molecule has 3 nitrogen and oxygen atoms in total. The van der Waals surface area contributed by atoms with Crippen LogP contribution in [0.15, 0.2) is 30.3 Å². The Morgan fingerprint density at radius 2 is 2.15 bits per heavy atom. The Morgan fingerprint density at radius 1 is 1.35 bits per heavy atom. The molecule has 20 heavy (non-hydrogen) atoms. The maximum Gasteiger partial charge on any atom is 0.0954 e. The third kappa shape index (κ3) is 2.27. The van der Waals surface area contributed by atoms with Gasteiger partial charge in [0.2, 0.25) is 0 Å². The Bertz CT molecular complexity index is 617. The van der Waals surface area contributed by atoms with Crippen LogP contribution in [0.5, 0.6) is 0 Å². The minimum absolute atomic E-state index is 0.651. The summed E-state index contributed by atoms with van der Waals surface area (Å²) in [6, 6.07) is 10.4. The Balaban J connectivity index is 1.97. The van der Waals surface area contributed by atoms with E-state index >= 15 is 0 Å². The highest BCUT2D eigenvalue weighted by Gasteiger charge is 2.35. The van der Waals surface area contributed by atoms with Crippen LogP contribution in [-0.4, -0.2) is 14.9 Å². The van der Waals surface area contributed by atoms with E-state index in [0.717, 1.165) is 42.8 Å². The van der Waals surface area contributed by atoms with E-state index in [4.69, 9.17) is 0 Å². The van der Waals surface area contributed by atoms with Crippen LogP contribution in [0.2, 0.25) is 0 Å². The highest BCUT2D eigenvalue weighted by atomic mass is 16.3. The van der Waals surface area contributed by atoms with Crippen molar-refractivity contribution in [2.45, 2.75) is 51.7 Å². The van der Waals surface area contributed by atoms with Crippen LogP contribution < -0.4 is 0 Å². The number of hydrogen-bond donors (Lipinski definition) is 1. The first-order valence-electron chi connectivity index (χ1n) is 7.46. The van der Waals surface area contributed by atoms with E-state index < -0.39 is 5.60 Å². The SMILES string of the molecule is CCn1nc(C)cc1CC1(O)CCCc2ccccc21. The van der Waals surface area contributed by atoms with Crippen LogP contribution in [0.4, 0.5) is 0 Å². The molecule has 1 heterocycles. The molecule has 0 radical (unpaired) electrons. The van der Waals surface area contributed by atoms with Gasteiger partial charge in [-0.2, -0.15) is 5.10 Å². The molecule has 0 fully saturated rings. The number of nitrogens with zero attached hydrogens (tertiary/aromatic N) is 2. The summed E-state index contributed by atoms with van der Waals surface area (Å²) in [5.74, 6) is 0. The molecule has 1 aliphatic carbocycles. The number of aliphatic hydroxyl groups is 1. The van der Waals surface area contributed by atoms with Crippen LogP contribution in [-0.2, 0) is 25.0 Å². The van der Waals surface area contributed by atoms with Gasteiger partial charge in [0, 0.05) is 18.7 Å². The minimum Gasteiger partial charge on any atom is -0.385 e. The summed E-state index contributed by atoms with van der Waals surface area (Å²) in [7, 11) is 0. The van der Waals surface area contributed by atoms with Crippen LogP contribution in [0, 0.1) is 6.92 Å². The third-order valence-corrected chi connectivity index (χ3v) is 4.31. The molecular formula is C17H22N2O. The number of fused-ring (bicyclic) bond motifs is 1. The van der Waals surface area contributed by atoms with Gasteiger partial charge in [-0.25, -0.2) is 0 Å². The molecule has 0 aliphatic heterocycles. The van der Waals surface area contributed by atoms with E-state index in [2.05, 4.69) is 36.3 Å². The lowest BCUT2D eigenvalue weighted by atomic mass is 9.76. The largest absolute Gasteiger partial charge is 0.385 e. The molecule has 1 aromatic heterocycles. The normalized spacial score (nSPS) is 21.8. The second kappa shape index (κ2) is 5.06. The van der Waals surface area contributed by atoms with E-state index in [0.29, 0.717) is 6.42 Å². The van der Waals surface area contributed by atoms with Gasteiger partial charge in [-0.05, 0) is 50.3 Å². The van der Waals surface area contributed by atoms with E-state index in [1.54, 1.807) is 0 Å². The molecule has 1 N–H and O–H groups in total. The zero-order valence-corrected chi connectivity index (χ0v) is 12.3. The van der Waals surface area contributed by atoms with Crippen molar-refractivity contribution < 1.29 is 5.11 Å². The molecule has 1 unspecified atom stereocenters. The predicted octanol–water partition coefficient (Wildman–Crippen LogP) is 2.98. The molecule has 3 rings (SSSR count). The summed E-state index contributed by atoms with van der Waals surface area (Å²) in [5.41, 5.74) is 3.81. The molecule has 0 saturated carbocycles.